The topological polar surface area (TPSA) is 52.3 Å². The quantitative estimate of drug-likeness (QED) is 0.416. The van der Waals surface area contributed by atoms with Crippen molar-refractivity contribution in [1.29, 1.82) is 0 Å². The number of hydrogen-bond donors (Lipinski definition) is 1. The van der Waals surface area contributed by atoms with Crippen LogP contribution in [-0.2, 0) is 9.53 Å². The fourth-order valence-corrected chi connectivity index (χ4v) is 1.06. The lowest BCUT2D eigenvalue weighted by Gasteiger charge is -2.00. The average molecular weight is 228 g/mol. The Morgan fingerprint density at radius 1 is 1.60 bits per heavy atom. The van der Waals surface area contributed by atoms with Crippen LogP contribution in [0, 0.1) is 17.7 Å². The third-order valence-corrected chi connectivity index (χ3v) is 1.89. The molecule has 1 rings (SSSR count). The summed E-state index contributed by atoms with van der Waals surface area (Å²) in [5.41, 5.74) is 5.82. The van der Waals surface area contributed by atoms with Crippen LogP contribution in [0.5, 0.6) is 0 Å². The first-order chi connectivity index (χ1) is 7.04. The van der Waals surface area contributed by atoms with Gasteiger partial charge in [0.05, 0.1) is 23.4 Å². The molecule has 0 saturated carbocycles. The number of hydrogen-bond acceptors (Lipinski definition) is 3. The number of benzene rings is 1. The zero-order valence-corrected chi connectivity index (χ0v) is 8.56. The number of halogens is 2. The lowest BCUT2D eigenvalue weighted by Crippen LogP contribution is -1.97. The smallest absolute Gasteiger partial charge is 0.384 e. The SMILES string of the molecule is COC(=O)C#Cc1cc(F)cc(Cl)c1N. The summed E-state index contributed by atoms with van der Waals surface area (Å²) >= 11 is 5.62. The highest BCUT2D eigenvalue weighted by molar-refractivity contribution is 6.33. The molecule has 0 aromatic heterocycles. The Labute approximate surface area is 91.0 Å². The number of anilines is 1. The minimum atomic E-state index is -0.727. The molecule has 0 bridgehead atoms. The Bertz CT molecular complexity index is 462. The van der Waals surface area contributed by atoms with E-state index in [1.54, 1.807) is 0 Å². The van der Waals surface area contributed by atoms with E-state index in [9.17, 15) is 9.18 Å². The number of esters is 1. The van der Waals surface area contributed by atoms with E-state index in [-0.39, 0.29) is 16.3 Å². The van der Waals surface area contributed by atoms with E-state index in [2.05, 4.69) is 16.6 Å². The van der Waals surface area contributed by atoms with E-state index in [0.29, 0.717) is 0 Å². The first-order valence-corrected chi connectivity index (χ1v) is 4.27. The number of nitrogen functional groups attached to an aromatic ring is 1. The Hall–Kier alpha value is -1.73. The van der Waals surface area contributed by atoms with E-state index in [1.165, 1.54) is 7.11 Å². The molecule has 2 N–H and O–H groups in total. The van der Waals surface area contributed by atoms with Crippen molar-refractivity contribution in [3.8, 4) is 11.8 Å². The normalized spacial score (nSPS) is 9.00. The van der Waals surface area contributed by atoms with Crippen LogP contribution < -0.4 is 5.73 Å². The summed E-state index contributed by atoms with van der Waals surface area (Å²) in [6.45, 7) is 0. The van der Waals surface area contributed by atoms with Gasteiger partial charge in [0.2, 0.25) is 0 Å². The molecule has 0 aliphatic carbocycles. The summed E-state index contributed by atoms with van der Waals surface area (Å²) < 4.78 is 17.2. The average Bonchev–Trinajstić information content (AvgIpc) is 2.20. The molecule has 15 heavy (non-hydrogen) atoms. The highest BCUT2D eigenvalue weighted by atomic mass is 35.5. The van der Waals surface area contributed by atoms with Crippen LogP contribution in [0.3, 0.4) is 0 Å². The molecule has 0 radical (unpaired) electrons. The minimum Gasteiger partial charge on any atom is -0.459 e. The Balaban J connectivity index is 3.13. The molecule has 0 unspecified atom stereocenters. The number of methoxy groups -OCH3 is 1. The van der Waals surface area contributed by atoms with Crippen molar-refractivity contribution in [2.45, 2.75) is 0 Å². The van der Waals surface area contributed by atoms with E-state index in [1.807, 2.05) is 0 Å². The van der Waals surface area contributed by atoms with Gasteiger partial charge in [0.1, 0.15) is 5.82 Å². The van der Waals surface area contributed by atoms with Crippen LogP contribution in [0.1, 0.15) is 5.56 Å². The number of carbonyl (C=O) groups is 1. The van der Waals surface area contributed by atoms with Gasteiger partial charge >= 0.3 is 5.97 Å². The van der Waals surface area contributed by atoms with Crippen LogP contribution in [0.25, 0.3) is 0 Å². The zero-order valence-electron chi connectivity index (χ0n) is 7.80. The number of rotatable bonds is 0. The van der Waals surface area contributed by atoms with E-state index in [0.717, 1.165) is 12.1 Å². The third kappa shape index (κ3) is 2.86. The van der Waals surface area contributed by atoms with Crippen LogP contribution >= 0.6 is 11.6 Å². The fraction of sp³-hybridized carbons (Fsp3) is 0.100. The van der Waals surface area contributed by atoms with Gasteiger partial charge in [-0.1, -0.05) is 17.5 Å². The third-order valence-electron chi connectivity index (χ3n) is 1.58. The van der Waals surface area contributed by atoms with Crippen molar-refractivity contribution in [3.63, 3.8) is 0 Å². The fourth-order valence-electron chi connectivity index (χ4n) is 0.858. The molecule has 78 valence electrons. The highest BCUT2D eigenvalue weighted by Gasteiger charge is 2.04. The Morgan fingerprint density at radius 3 is 2.87 bits per heavy atom. The molecule has 1 aromatic carbocycles. The van der Waals surface area contributed by atoms with Gasteiger partial charge in [-0.05, 0) is 12.1 Å². The van der Waals surface area contributed by atoms with E-state index >= 15 is 0 Å². The predicted molar refractivity (Wildman–Crippen MR) is 54.7 cm³/mol. The maximum atomic E-state index is 12.9. The van der Waals surface area contributed by atoms with Crippen molar-refractivity contribution in [1.82, 2.24) is 0 Å². The molecule has 0 atom stereocenters. The number of nitrogens with two attached hydrogens (primary N) is 1. The number of ether oxygens (including phenoxy) is 1. The molecule has 3 nitrogen and oxygen atoms in total. The molecule has 0 saturated heterocycles. The van der Waals surface area contributed by atoms with Gasteiger partial charge in [-0.25, -0.2) is 9.18 Å². The van der Waals surface area contributed by atoms with Gasteiger partial charge in [-0.2, -0.15) is 0 Å². The zero-order chi connectivity index (χ0) is 11.4. The highest BCUT2D eigenvalue weighted by Crippen LogP contribution is 2.23. The summed E-state index contributed by atoms with van der Waals surface area (Å²) in [6, 6.07) is 2.16. The summed E-state index contributed by atoms with van der Waals surface area (Å²) in [5, 5.41) is 0.0594. The molecule has 5 heteroatoms. The summed E-state index contributed by atoms with van der Waals surface area (Å²) in [4.78, 5) is 10.7. The van der Waals surface area contributed by atoms with Gasteiger partial charge in [-0.3, -0.25) is 0 Å². The first kappa shape index (κ1) is 11.3. The second kappa shape index (κ2) is 4.67. The van der Waals surface area contributed by atoms with Gasteiger partial charge in [-0.15, -0.1) is 0 Å². The van der Waals surface area contributed by atoms with E-state index in [4.69, 9.17) is 17.3 Å². The maximum Gasteiger partial charge on any atom is 0.384 e. The molecule has 1 aromatic rings. The monoisotopic (exact) mass is 227 g/mol. The van der Waals surface area contributed by atoms with Crippen molar-refractivity contribution >= 4 is 23.3 Å². The molecule has 0 aliphatic heterocycles. The lowest BCUT2D eigenvalue weighted by atomic mass is 10.2. The van der Waals surface area contributed by atoms with Gasteiger partial charge in [0, 0.05) is 5.92 Å². The van der Waals surface area contributed by atoms with Gasteiger partial charge in [0.15, 0.2) is 0 Å². The van der Waals surface area contributed by atoms with Crippen molar-refractivity contribution < 1.29 is 13.9 Å². The molecular formula is C10H7ClFNO2. The Morgan fingerprint density at radius 2 is 2.27 bits per heavy atom. The number of carbonyl (C=O) groups excluding carboxylic acids is 1. The summed E-state index contributed by atoms with van der Waals surface area (Å²) in [6.07, 6.45) is 0. The Kier molecular flexibility index (Phi) is 3.53. The van der Waals surface area contributed by atoms with Crippen LogP contribution in [0.15, 0.2) is 12.1 Å². The van der Waals surface area contributed by atoms with Crippen LogP contribution in [0.2, 0.25) is 5.02 Å². The second-order valence-corrected chi connectivity index (χ2v) is 3.00. The second-order valence-electron chi connectivity index (χ2n) is 2.59. The van der Waals surface area contributed by atoms with Crippen LogP contribution in [-0.4, -0.2) is 13.1 Å². The molecule has 0 spiro atoms. The molecule has 0 amide bonds. The summed E-state index contributed by atoms with van der Waals surface area (Å²) in [7, 11) is 1.19. The van der Waals surface area contributed by atoms with Crippen molar-refractivity contribution in [2.75, 3.05) is 12.8 Å². The largest absolute Gasteiger partial charge is 0.459 e. The summed E-state index contributed by atoms with van der Waals surface area (Å²) in [5.74, 6) is 3.21. The molecule has 0 heterocycles. The van der Waals surface area contributed by atoms with Gasteiger partial charge in [0.25, 0.3) is 0 Å². The minimum absolute atomic E-state index is 0.0594. The molecule has 0 fully saturated rings. The van der Waals surface area contributed by atoms with Gasteiger partial charge < -0.3 is 10.5 Å². The van der Waals surface area contributed by atoms with E-state index < -0.39 is 11.8 Å². The van der Waals surface area contributed by atoms with Crippen molar-refractivity contribution in [2.24, 2.45) is 0 Å². The first-order valence-electron chi connectivity index (χ1n) is 3.89. The maximum absolute atomic E-state index is 12.9. The standard InChI is InChI=1S/C10H7ClFNO2/c1-15-9(14)3-2-6-4-7(12)5-8(11)10(6)13/h4-5H,13H2,1H3. The lowest BCUT2D eigenvalue weighted by molar-refractivity contribution is -0.133. The van der Waals surface area contributed by atoms with Crippen LogP contribution in [0.4, 0.5) is 10.1 Å². The van der Waals surface area contributed by atoms with Crippen molar-refractivity contribution in [3.05, 3.63) is 28.5 Å². The predicted octanol–water partition coefficient (Wildman–Crippen LogP) is 1.59. The molecule has 0 aliphatic rings. The molecular weight excluding hydrogens is 221 g/mol.